The predicted molar refractivity (Wildman–Crippen MR) is 113 cm³/mol. The molecule has 0 saturated carbocycles. The molecule has 0 atom stereocenters. The molecule has 0 radical (unpaired) electrons. The number of anilines is 1. The Bertz CT molecular complexity index is 856. The van der Waals surface area contributed by atoms with E-state index in [1.54, 1.807) is 17.5 Å². The molecule has 5 nitrogen and oxygen atoms in total. The van der Waals surface area contributed by atoms with Gasteiger partial charge in [-0.15, -0.1) is 11.3 Å². The number of benzene rings is 1. The summed E-state index contributed by atoms with van der Waals surface area (Å²) in [5.74, 6) is 0. The number of carbonyl (C=O) groups excluding carboxylic acids is 1. The molecule has 2 aromatic heterocycles. The van der Waals surface area contributed by atoms with Gasteiger partial charge in [0.05, 0.1) is 12.2 Å². The van der Waals surface area contributed by atoms with Gasteiger partial charge in [-0.25, -0.2) is 4.79 Å². The van der Waals surface area contributed by atoms with Crippen molar-refractivity contribution in [1.82, 2.24) is 14.8 Å². The molecule has 27 heavy (non-hydrogen) atoms. The Morgan fingerprint density at radius 1 is 1.11 bits per heavy atom. The highest BCUT2D eigenvalue weighted by atomic mass is 32.1. The Morgan fingerprint density at radius 3 is 2.70 bits per heavy atom. The summed E-state index contributed by atoms with van der Waals surface area (Å²) in [5.41, 5.74) is 0.818. The van der Waals surface area contributed by atoms with Gasteiger partial charge in [-0.05, 0) is 36.7 Å². The van der Waals surface area contributed by atoms with Gasteiger partial charge in [-0.3, -0.25) is 4.98 Å². The van der Waals surface area contributed by atoms with Crippen molar-refractivity contribution in [3.63, 3.8) is 0 Å². The van der Waals surface area contributed by atoms with Crippen molar-refractivity contribution >= 4 is 33.8 Å². The number of hydrogen-bond donors (Lipinski definition) is 1. The number of hydrogen-bond acceptors (Lipinski definition) is 4. The van der Waals surface area contributed by atoms with Crippen LogP contribution >= 0.6 is 11.3 Å². The summed E-state index contributed by atoms with van der Waals surface area (Å²) in [7, 11) is 0. The second kappa shape index (κ2) is 9.48. The molecule has 0 unspecified atom stereocenters. The maximum Gasteiger partial charge on any atom is 0.322 e. The molecule has 1 N–H and O–H groups in total. The van der Waals surface area contributed by atoms with E-state index in [1.165, 1.54) is 4.88 Å². The minimum atomic E-state index is -0.0696. The Labute approximate surface area is 164 Å². The Morgan fingerprint density at radius 2 is 1.96 bits per heavy atom. The molecule has 142 valence electrons. The monoisotopic (exact) mass is 382 g/mol. The Kier molecular flexibility index (Phi) is 6.79. The molecule has 3 rings (SSSR count). The molecule has 6 heteroatoms. The van der Waals surface area contributed by atoms with Crippen LogP contribution in [0.25, 0.3) is 10.8 Å². The predicted octanol–water partition coefficient (Wildman–Crippen LogP) is 4.67. The lowest BCUT2D eigenvalue weighted by Crippen LogP contribution is -2.40. The molecule has 0 spiro atoms. The summed E-state index contributed by atoms with van der Waals surface area (Å²) >= 11 is 1.68. The third-order valence-electron chi connectivity index (χ3n) is 4.72. The zero-order valence-corrected chi connectivity index (χ0v) is 16.7. The van der Waals surface area contributed by atoms with Gasteiger partial charge in [0, 0.05) is 41.1 Å². The number of thiophene rings is 1. The highest BCUT2D eigenvalue weighted by Crippen LogP contribution is 2.23. The number of carbonyl (C=O) groups is 1. The first-order valence-corrected chi connectivity index (χ1v) is 10.2. The maximum atomic E-state index is 13.1. The summed E-state index contributed by atoms with van der Waals surface area (Å²) in [4.78, 5) is 22.6. The summed E-state index contributed by atoms with van der Waals surface area (Å²) < 4.78 is 0. The largest absolute Gasteiger partial charge is 0.322 e. The van der Waals surface area contributed by atoms with Crippen LogP contribution in [-0.2, 0) is 6.54 Å². The second-order valence-corrected chi connectivity index (χ2v) is 7.39. The molecular weight excluding hydrogens is 356 g/mol. The molecule has 0 bridgehead atoms. The van der Waals surface area contributed by atoms with Gasteiger partial charge in [0.2, 0.25) is 0 Å². The minimum Gasteiger partial charge on any atom is -0.318 e. The van der Waals surface area contributed by atoms with Crippen molar-refractivity contribution in [2.45, 2.75) is 20.4 Å². The quantitative estimate of drug-likeness (QED) is 0.616. The number of urea groups is 1. The maximum absolute atomic E-state index is 13.1. The molecule has 0 saturated heterocycles. The van der Waals surface area contributed by atoms with Crippen molar-refractivity contribution < 1.29 is 4.79 Å². The fraction of sp³-hybridized carbons (Fsp3) is 0.333. The second-order valence-electron chi connectivity index (χ2n) is 6.36. The van der Waals surface area contributed by atoms with Gasteiger partial charge in [0.25, 0.3) is 0 Å². The molecule has 3 aromatic rings. The van der Waals surface area contributed by atoms with Crippen molar-refractivity contribution in [3.05, 3.63) is 59.0 Å². The van der Waals surface area contributed by atoms with E-state index >= 15 is 0 Å². The number of aromatic nitrogens is 1. The number of amides is 2. The fourth-order valence-electron chi connectivity index (χ4n) is 3.07. The van der Waals surface area contributed by atoms with Crippen LogP contribution in [-0.4, -0.2) is 47.0 Å². The summed E-state index contributed by atoms with van der Waals surface area (Å²) in [5, 5.41) is 7.17. The van der Waals surface area contributed by atoms with Gasteiger partial charge >= 0.3 is 6.03 Å². The highest BCUT2D eigenvalue weighted by Gasteiger charge is 2.16. The number of fused-ring (bicyclic) bond motifs is 1. The molecule has 0 aliphatic heterocycles. The van der Waals surface area contributed by atoms with Crippen molar-refractivity contribution in [3.8, 4) is 0 Å². The van der Waals surface area contributed by atoms with Crippen LogP contribution in [0.1, 0.15) is 18.7 Å². The van der Waals surface area contributed by atoms with E-state index in [9.17, 15) is 4.79 Å². The summed E-state index contributed by atoms with van der Waals surface area (Å²) in [6.45, 7) is 8.46. The van der Waals surface area contributed by atoms with E-state index in [0.717, 1.165) is 36.1 Å². The molecule has 0 aliphatic carbocycles. The van der Waals surface area contributed by atoms with Gasteiger partial charge in [-0.2, -0.15) is 0 Å². The first kappa shape index (κ1) is 19.3. The zero-order chi connectivity index (χ0) is 19.1. The zero-order valence-electron chi connectivity index (χ0n) is 15.9. The van der Waals surface area contributed by atoms with Gasteiger partial charge in [0.1, 0.15) is 0 Å². The van der Waals surface area contributed by atoms with E-state index in [-0.39, 0.29) is 6.03 Å². The standard InChI is InChI=1S/C21H26N4OS/c1-3-24(4-2)12-13-25(16-18-8-6-14-27-18)21(26)23-20-9-5-7-17-15-22-11-10-19(17)20/h5-11,14-15H,3-4,12-13,16H2,1-2H3,(H,23,26). The SMILES string of the molecule is CCN(CC)CCN(Cc1cccs1)C(=O)Nc1cccc2cnccc12. The van der Waals surface area contributed by atoms with Gasteiger partial charge in [0.15, 0.2) is 0 Å². The normalized spacial score (nSPS) is 11.1. The third-order valence-corrected chi connectivity index (χ3v) is 5.58. The van der Waals surface area contributed by atoms with E-state index in [4.69, 9.17) is 0 Å². The first-order valence-electron chi connectivity index (χ1n) is 9.34. The summed E-state index contributed by atoms with van der Waals surface area (Å²) in [6.07, 6.45) is 3.57. The topological polar surface area (TPSA) is 48.5 Å². The van der Waals surface area contributed by atoms with Crippen molar-refractivity contribution in [1.29, 1.82) is 0 Å². The van der Waals surface area contributed by atoms with Crippen LogP contribution in [0.5, 0.6) is 0 Å². The highest BCUT2D eigenvalue weighted by molar-refractivity contribution is 7.09. The van der Waals surface area contributed by atoms with Crippen molar-refractivity contribution in [2.75, 3.05) is 31.5 Å². The lowest BCUT2D eigenvalue weighted by atomic mass is 10.1. The molecule has 0 aliphatic rings. The number of rotatable bonds is 8. The lowest BCUT2D eigenvalue weighted by Gasteiger charge is -2.26. The van der Waals surface area contributed by atoms with Crippen LogP contribution in [0, 0.1) is 0 Å². The molecule has 2 amide bonds. The smallest absolute Gasteiger partial charge is 0.318 e. The number of nitrogens with zero attached hydrogens (tertiary/aromatic N) is 3. The van der Waals surface area contributed by atoms with Crippen LogP contribution in [0.4, 0.5) is 10.5 Å². The van der Waals surface area contributed by atoms with Crippen molar-refractivity contribution in [2.24, 2.45) is 0 Å². The lowest BCUT2D eigenvalue weighted by molar-refractivity contribution is 0.195. The van der Waals surface area contributed by atoms with Crippen LogP contribution in [0.2, 0.25) is 0 Å². The average Bonchev–Trinajstić information content (AvgIpc) is 3.21. The first-order chi connectivity index (χ1) is 13.2. The van der Waals surface area contributed by atoms with Crippen LogP contribution in [0.15, 0.2) is 54.2 Å². The Balaban J connectivity index is 1.76. The van der Waals surface area contributed by atoms with Gasteiger partial charge in [-0.1, -0.05) is 32.0 Å². The fourth-order valence-corrected chi connectivity index (χ4v) is 3.79. The third kappa shape index (κ3) is 5.05. The van der Waals surface area contributed by atoms with E-state index in [2.05, 4.69) is 35.1 Å². The van der Waals surface area contributed by atoms with E-state index < -0.39 is 0 Å². The van der Waals surface area contributed by atoms with Crippen LogP contribution in [0.3, 0.4) is 0 Å². The number of pyridine rings is 1. The number of likely N-dealkylation sites (N-methyl/N-ethyl adjacent to an activating group) is 1. The molecule has 0 fully saturated rings. The number of nitrogens with one attached hydrogen (secondary N) is 1. The van der Waals surface area contributed by atoms with Crippen LogP contribution < -0.4 is 5.32 Å². The van der Waals surface area contributed by atoms with Gasteiger partial charge < -0.3 is 15.1 Å². The minimum absolute atomic E-state index is 0.0696. The average molecular weight is 383 g/mol. The Hall–Kier alpha value is -2.44. The molecular formula is C21H26N4OS. The van der Waals surface area contributed by atoms with E-state index in [0.29, 0.717) is 13.1 Å². The molecule has 2 heterocycles. The molecule has 1 aromatic carbocycles. The van der Waals surface area contributed by atoms with E-state index in [1.807, 2.05) is 46.8 Å². The summed E-state index contributed by atoms with van der Waals surface area (Å²) in [6, 6.07) is 11.9.